The SMILES string of the molecule is CC(=O)Nc1nc2ccc(-c3cnc(Cl)c(NS(=O)(=O)c4ccc(C(C)=O)cc4)c3)cc2s1. The molecule has 0 atom stereocenters. The van der Waals surface area contributed by atoms with Crippen molar-refractivity contribution in [2.75, 3.05) is 10.0 Å². The van der Waals surface area contributed by atoms with Gasteiger partial charge in [-0.3, -0.25) is 14.3 Å². The van der Waals surface area contributed by atoms with Crippen molar-refractivity contribution in [1.82, 2.24) is 9.97 Å². The molecule has 1 amide bonds. The van der Waals surface area contributed by atoms with Gasteiger partial charge in [-0.2, -0.15) is 0 Å². The van der Waals surface area contributed by atoms with E-state index < -0.39 is 10.0 Å². The molecule has 8 nitrogen and oxygen atoms in total. The van der Waals surface area contributed by atoms with Gasteiger partial charge in [-0.25, -0.2) is 18.4 Å². The number of pyridine rings is 1. The first-order valence-corrected chi connectivity index (χ1v) is 12.3. The first kappa shape index (κ1) is 22.8. The number of hydrogen-bond acceptors (Lipinski definition) is 7. The second-order valence-corrected chi connectivity index (χ2v) is 10.2. The number of aromatic nitrogens is 2. The van der Waals surface area contributed by atoms with Crippen molar-refractivity contribution < 1.29 is 18.0 Å². The molecule has 4 aromatic rings. The first-order valence-electron chi connectivity index (χ1n) is 9.60. The lowest BCUT2D eigenvalue weighted by Crippen LogP contribution is -2.14. The molecule has 0 aliphatic rings. The minimum atomic E-state index is -3.95. The van der Waals surface area contributed by atoms with Crippen molar-refractivity contribution in [1.29, 1.82) is 0 Å². The minimum Gasteiger partial charge on any atom is -0.302 e. The Labute approximate surface area is 198 Å². The van der Waals surface area contributed by atoms with E-state index in [4.69, 9.17) is 11.6 Å². The maximum atomic E-state index is 12.8. The number of rotatable bonds is 6. The third kappa shape index (κ3) is 5.03. The molecular formula is C22H17ClN4O4S2. The summed E-state index contributed by atoms with van der Waals surface area (Å²) in [5.74, 6) is -0.363. The van der Waals surface area contributed by atoms with Gasteiger partial charge >= 0.3 is 0 Å². The fraction of sp³-hybridized carbons (Fsp3) is 0.0909. The number of halogens is 1. The Kier molecular flexibility index (Phi) is 6.15. The van der Waals surface area contributed by atoms with Gasteiger partial charge in [0.15, 0.2) is 16.1 Å². The highest BCUT2D eigenvalue weighted by molar-refractivity contribution is 7.92. The van der Waals surface area contributed by atoms with Crippen LogP contribution in [0.3, 0.4) is 0 Å². The number of ketones is 1. The molecule has 2 aromatic heterocycles. The zero-order valence-electron chi connectivity index (χ0n) is 17.4. The van der Waals surface area contributed by atoms with Crippen LogP contribution in [0, 0.1) is 0 Å². The van der Waals surface area contributed by atoms with Gasteiger partial charge in [-0.05, 0) is 42.8 Å². The van der Waals surface area contributed by atoms with Crippen LogP contribution in [-0.2, 0) is 14.8 Å². The number of sulfonamides is 1. The third-order valence-corrected chi connectivity index (χ3v) is 7.28. The number of nitrogens with zero attached hydrogens (tertiary/aromatic N) is 2. The van der Waals surface area contributed by atoms with Gasteiger partial charge < -0.3 is 5.32 Å². The van der Waals surface area contributed by atoms with Gasteiger partial charge in [0.25, 0.3) is 10.0 Å². The van der Waals surface area contributed by atoms with Crippen LogP contribution in [0.25, 0.3) is 21.3 Å². The van der Waals surface area contributed by atoms with Crippen LogP contribution in [0.4, 0.5) is 10.8 Å². The number of anilines is 2. The van der Waals surface area contributed by atoms with E-state index >= 15 is 0 Å². The average molecular weight is 501 g/mol. The van der Waals surface area contributed by atoms with Gasteiger partial charge in [-0.1, -0.05) is 41.1 Å². The van der Waals surface area contributed by atoms with E-state index in [1.54, 1.807) is 12.3 Å². The highest BCUT2D eigenvalue weighted by Crippen LogP contribution is 2.33. The number of carbonyl (C=O) groups excluding carboxylic acids is 2. The zero-order chi connectivity index (χ0) is 23.8. The maximum Gasteiger partial charge on any atom is 0.261 e. The maximum absolute atomic E-state index is 12.8. The molecule has 168 valence electrons. The van der Waals surface area contributed by atoms with Gasteiger partial charge in [0.05, 0.1) is 20.8 Å². The summed E-state index contributed by atoms with van der Waals surface area (Å²) in [6, 6.07) is 12.7. The highest BCUT2D eigenvalue weighted by atomic mass is 35.5. The molecule has 2 N–H and O–H groups in total. The molecule has 0 radical (unpaired) electrons. The Morgan fingerprint density at radius 3 is 2.39 bits per heavy atom. The fourth-order valence-electron chi connectivity index (χ4n) is 3.06. The average Bonchev–Trinajstić information content (AvgIpc) is 3.16. The topological polar surface area (TPSA) is 118 Å². The molecule has 4 rings (SSSR count). The number of thiazole rings is 1. The minimum absolute atomic E-state index is 0.00510. The molecule has 0 spiro atoms. The van der Waals surface area contributed by atoms with Crippen molar-refractivity contribution in [2.24, 2.45) is 0 Å². The summed E-state index contributed by atoms with van der Waals surface area (Å²) in [6.07, 6.45) is 1.54. The summed E-state index contributed by atoms with van der Waals surface area (Å²) in [5, 5.41) is 3.15. The Balaban J connectivity index is 1.65. The second-order valence-electron chi connectivity index (χ2n) is 7.13. The van der Waals surface area contributed by atoms with Crippen LogP contribution in [0.1, 0.15) is 24.2 Å². The third-order valence-electron chi connectivity index (χ3n) is 4.66. The molecule has 0 aliphatic carbocycles. The molecular weight excluding hydrogens is 484 g/mol. The van der Waals surface area contributed by atoms with E-state index in [0.717, 1.165) is 15.8 Å². The Morgan fingerprint density at radius 1 is 1.00 bits per heavy atom. The summed E-state index contributed by atoms with van der Waals surface area (Å²) in [6.45, 7) is 2.82. The number of nitrogens with one attached hydrogen (secondary N) is 2. The van der Waals surface area contributed by atoms with Crippen LogP contribution in [-0.4, -0.2) is 30.1 Å². The first-order chi connectivity index (χ1) is 15.6. The van der Waals surface area contributed by atoms with Gasteiger partial charge in [0, 0.05) is 24.2 Å². The van der Waals surface area contributed by atoms with Crippen molar-refractivity contribution in [2.45, 2.75) is 18.7 Å². The largest absolute Gasteiger partial charge is 0.302 e. The standard InChI is InChI=1S/C22H17ClN4O4S2/c1-12(28)14-3-6-17(7-4-14)33(30,31)27-19-9-16(11-24-21(19)23)15-5-8-18-20(10-15)32-22(26-18)25-13(2)29/h3-11,27H,1-2H3,(H,25,26,29). The Bertz CT molecular complexity index is 1500. The number of fused-ring (bicyclic) bond motifs is 1. The van der Waals surface area contributed by atoms with Gasteiger partial charge in [0.1, 0.15) is 0 Å². The van der Waals surface area contributed by atoms with Crippen LogP contribution >= 0.6 is 22.9 Å². The molecule has 0 saturated carbocycles. The molecule has 11 heteroatoms. The van der Waals surface area contributed by atoms with Crippen molar-refractivity contribution >= 4 is 65.7 Å². The van der Waals surface area contributed by atoms with Gasteiger partial charge in [-0.15, -0.1) is 0 Å². The Morgan fingerprint density at radius 2 is 1.73 bits per heavy atom. The normalized spacial score (nSPS) is 11.4. The molecule has 2 aromatic carbocycles. The van der Waals surface area contributed by atoms with Crippen molar-refractivity contribution in [3.8, 4) is 11.1 Å². The molecule has 2 heterocycles. The lowest BCUT2D eigenvalue weighted by atomic mass is 10.1. The van der Waals surface area contributed by atoms with E-state index in [1.807, 2.05) is 18.2 Å². The number of carbonyl (C=O) groups is 2. The Hall–Kier alpha value is -3.34. The van der Waals surface area contributed by atoms with Gasteiger partial charge in [0.2, 0.25) is 5.91 Å². The number of benzene rings is 2. The summed E-state index contributed by atoms with van der Waals surface area (Å²) < 4.78 is 29.0. The lowest BCUT2D eigenvalue weighted by Gasteiger charge is -2.11. The molecule has 33 heavy (non-hydrogen) atoms. The predicted molar refractivity (Wildman–Crippen MR) is 129 cm³/mol. The smallest absolute Gasteiger partial charge is 0.261 e. The van der Waals surface area contributed by atoms with E-state index in [9.17, 15) is 18.0 Å². The van der Waals surface area contributed by atoms with Crippen LogP contribution in [0.5, 0.6) is 0 Å². The lowest BCUT2D eigenvalue weighted by molar-refractivity contribution is -0.114. The van der Waals surface area contributed by atoms with E-state index in [0.29, 0.717) is 16.3 Å². The highest BCUT2D eigenvalue weighted by Gasteiger charge is 2.18. The van der Waals surface area contributed by atoms with Crippen LogP contribution in [0.15, 0.2) is 59.6 Å². The summed E-state index contributed by atoms with van der Waals surface area (Å²) in [7, 11) is -3.95. The molecule has 0 aliphatic heterocycles. The molecule has 0 unspecified atom stereocenters. The summed E-state index contributed by atoms with van der Waals surface area (Å²) in [5.41, 5.74) is 2.67. The number of amides is 1. The number of Topliss-reactive ketones (excluding diaryl/α,β-unsaturated/α-hetero) is 1. The van der Waals surface area contributed by atoms with Crippen molar-refractivity contribution in [3.05, 3.63) is 65.4 Å². The zero-order valence-corrected chi connectivity index (χ0v) is 19.8. The van der Waals surface area contributed by atoms with Crippen LogP contribution in [0.2, 0.25) is 5.15 Å². The molecule has 0 saturated heterocycles. The quantitative estimate of drug-likeness (QED) is 0.285. The second kappa shape index (κ2) is 8.89. The summed E-state index contributed by atoms with van der Waals surface area (Å²) in [4.78, 5) is 31.2. The molecule has 0 fully saturated rings. The van der Waals surface area contributed by atoms with Crippen LogP contribution < -0.4 is 10.0 Å². The van der Waals surface area contributed by atoms with E-state index in [2.05, 4.69) is 20.0 Å². The van der Waals surface area contributed by atoms with E-state index in [-0.39, 0.29) is 27.4 Å². The molecule has 0 bridgehead atoms. The van der Waals surface area contributed by atoms with E-state index in [1.165, 1.54) is 49.4 Å². The monoisotopic (exact) mass is 500 g/mol. The summed E-state index contributed by atoms with van der Waals surface area (Å²) >= 11 is 7.49. The fourth-order valence-corrected chi connectivity index (χ4v) is 5.27. The number of hydrogen-bond donors (Lipinski definition) is 2. The predicted octanol–water partition coefficient (Wildman–Crippen LogP) is 4.97. The van der Waals surface area contributed by atoms with Crippen molar-refractivity contribution in [3.63, 3.8) is 0 Å².